The molecule has 0 atom stereocenters. The number of aliphatic hydroxyl groups excluding tert-OH is 1. The van der Waals surface area contributed by atoms with Crippen LogP contribution < -0.4 is 5.32 Å². The molecule has 0 spiro atoms. The Balaban J connectivity index is 1.55. The summed E-state index contributed by atoms with van der Waals surface area (Å²) >= 11 is 0. The van der Waals surface area contributed by atoms with Crippen molar-refractivity contribution in [1.29, 1.82) is 0 Å². The van der Waals surface area contributed by atoms with Gasteiger partial charge in [-0.05, 0) is 68.1 Å². The van der Waals surface area contributed by atoms with E-state index in [2.05, 4.69) is 23.5 Å². The molecule has 3 nitrogen and oxygen atoms in total. The summed E-state index contributed by atoms with van der Waals surface area (Å²) in [5, 5.41) is 12.6. The topological polar surface area (TPSA) is 49.3 Å². The number of rotatable bonds is 3. The SMILES string of the molecule is O=C(Cc1ccc2c(c1)CCCC2)NC1CCC(O)CC1. The van der Waals surface area contributed by atoms with Crippen LogP contribution in [0.4, 0.5) is 0 Å². The highest BCUT2D eigenvalue weighted by atomic mass is 16.3. The molecule has 0 saturated heterocycles. The van der Waals surface area contributed by atoms with Gasteiger partial charge in [0.25, 0.3) is 0 Å². The van der Waals surface area contributed by atoms with Crippen molar-refractivity contribution in [3.63, 3.8) is 0 Å². The van der Waals surface area contributed by atoms with Crippen LogP contribution in [0.2, 0.25) is 0 Å². The van der Waals surface area contributed by atoms with Gasteiger partial charge >= 0.3 is 0 Å². The van der Waals surface area contributed by atoms with Gasteiger partial charge in [-0.15, -0.1) is 0 Å². The average Bonchev–Trinajstić information content (AvgIpc) is 2.49. The first-order valence-electron chi connectivity index (χ1n) is 8.29. The fourth-order valence-corrected chi connectivity index (χ4v) is 3.58. The van der Waals surface area contributed by atoms with E-state index in [1.807, 2.05) is 0 Å². The molecule has 1 fully saturated rings. The molecule has 0 heterocycles. The van der Waals surface area contributed by atoms with Crippen molar-refractivity contribution in [3.8, 4) is 0 Å². The number of nitrogens with one attached hydrogen (secondary N) is 1. The fourth-order valence-electron chi connectivity index (χ4n) is 3.58. The number of hydrogen-bond donors (Lipinski definition) is 2. The predicted octanol–water partition coefficient (Wildman–Crippen LogP) is 2.53. The smallest absolute Gasteiger partial charge is 0.224 e. The second-order valence-electron chi connectivity index (χ2n) is 6.56. The standard InChI is InChI=1S/C18H25NO2/c20-17-9-7-16(8-10-17)19-18(21)12-13-5-6-14-3-1-2-4-15(14)11-13/h5-6,11,16-17,20H,1-4,7-10,12H2,(H,19,21). The van der Waals surface area contributed by atoms with Gasteiger partial charge in [-0.25, -0.2) is 0 Å². The third-order valence-electron chi connectivity index (χ3n) is 4.84. The Bertz CT molecular complexity index is 504. The molecular weight excluding hydrogens is 262 g/mol. The summed E-state index contributed by atoms with van der Waals surface area (Å²) in [6, 6.07) is 6.78. The van der Waals surface area contributed by atoms with Crippen molar-refractivity contribution in [2.45, 2.75) is 69.9 Å². The maximum atomic E-state index is 12.2. The highest BCUT2D eigenvalue weighted by Crippen LogP contribution is 2.23. The number of aryl methyl sites for hydroxylation is 2. The maximum absolute atomic E-state index is 12.2. The van der Waals surface area contributed by atoms with E-state index in [9.17, 15) is 9.90 Å². The Morgan fingerprint density at radius 2 is 1.81 bits per heavy atom. The summed E-state index contributed by atoms with van der Waals surface area (Å²) in [5.74, 6) is 0.118. The lowest BCUT2D eigenvalue weighted by Gasteiger charge is -2.26. The molecular formula is C18H25NO2. The van der Waals surface area contributed by atoms with Crippen molar-refractivity contribution in [2.75, 3.05) is 0 Å². The number of amides is 1. The molecule has 21 heavy (non-hydrogen) atoms. The first-order valence-corrected chi connectivity index (χ1v) is 8.29. The lowest BCUT2D eigenvalue weighted by molar-refractivity contribution is -0.121. The van der Waals surface area contributed by atoms with Gasteiger partial charge in [-0.1, -0.05) is 18.2 Å². The zero-order chi connectivity index (χ0) is 14.7. The summed E-state index contributed by atoms with van der Waals surface area (Å²) in [7, 11) is 0. The molecule has 1 amide bonds. The van der Waals surface area contributed by atoms with E-state index < -0.39 is 0 Å². The predicted molar refractivity (Wildman–Crippen MR) is 83.2 cm³/mol. The van der Waals surface area contributed by atoms with E-state index in [1.165, 1.54) is 30.4 Å². The van der Waals surface area contributed by atoms with E-state index in [-0.39, 0.29) is 18.1 Å². The molecule has 2 N–H and O–H groups in total. The average molecular weight is 287 g/mol. The van der Waals surface area contributed by atoms with Crippen LogP contribution in [0, 0.1) is 0 Å². The van der Waals surface area contributed by atoms with Gasteiger partial charge in [0.15, 0.2) is 0 Å². The summed E-state index contributed by atoms with van der Waals surface area (Å²) in [4.78, 5) is 12.2. The first-order chi connectivity index (χ1) is 10.2. The Morgan fingerprint density at radius 3 is 2.57 bits per heavy atom. The summed E-state index contributed by atoms with van der Waals surface area (Å²) < 4.78 is 0. The highest BCUT2D eigenvalue weighted by Gasteiger charge is 2.21. The van der Waals surface area contributed by atoms with Crippen LogP contribution in [0.15, 0.2) is 18.2 Å². The fraction of sp³-hybridized carbons (Fsp3) is 0.611. The number of carbonyl (C=O) groups excluding carboxylic acids is 1. The number of fused-ring (bicyclic) bond motifs is 1. The molecule has 2 aliphatic carbocycles. The normalized spacial score (nSPS) is 25.2. The van der Waals surface area contributed by atoms with Crippen molar-refractivity contribution in [1.82, 2.24) is 5.32 Å². The highest BCUT2D eigenvalue weighted by molar-refractivity contribution is 5.79. The Hall–Kier alpha value is -1.35. The van der Waals surface area contributed by atoms with Gasteiger partial charge in [0.1, 0.15) is 0 Å². The van der Waals surface area contributed by atoms with E-state index in [4.69, 9.17) is 0 Å². The van der Waals surface area contributed by atoms with E-state index in [0.717, 1.165) is 37.7 Å². The third-order valence-corrected chi connectivity index (χ3v) is 4.84. The molecule has 114 valence electrons. The van der Waals surface area contributed by atoms with Gasteiger partial charge in [-0.3, -0.25) is 4.79 Å². The van der Waals surface area contributed by atoms with Crippen molar-refractivity contribution in [3.05, 3.63) is 34.9 Å². The lowest BCUT2D eigenvalue weighted by Crippen LogP contribution is -2.39. The molecule has 1 aromatic carbocycles. The minimum absolute atomic E-state index is 0.118. The van der Waals surface area contributed by atoms with Crippen molar-refractivity contribution >= 4 is 5.91 Å². The zero-order valence-electron chi connectivity index (χ0n) is 12.6. The minimum Gasteiger partial charge on any atom is -0.393 e. The quantitative estimate of drug-likeness (QED) is 0.897. The molecule has 3 rings (SSSR count). The van der Waals surface area contributed by atoms with Crippen LogP contribution in [0.3, 0.4) is 0 Å². The Morgan fingerprint density at radius 1 is 1.10 bits per heavy atom. The molecule has 0 aliphatic heterocycles. The second kappa shape index (κ2) is 6.61. The lowest BCUT2D eigenvalue weighted by atomic mass is 9.89. The largest absolute Gasteiger partial charge is 0.393 e. The number of benzene rings is 1. The zero-order valence-corrected chi connectivity index (χ0v) is 12.6. The van der Waals surface area contributed by atoms with Crippen LogP contribution in [-0.4, -0.2) is 23.2 Å². The second-order valence-corrected chi connectivity index (χ2v) is 6.56. The van der Waals surface area contributed by atoms with E-state index in [1.54, 1.807) is 0 Å². The van der Waals surface area contributed by atoms with Crippen molar-refractivity contribution in [2.24, 2.45) is 0 Å². The summed E-state index contributed by atoms with van der Waals surface area (Å²) in [5.41, 5.74) is 4.03. The van der Waals surface area contributed by atoms with Crippen LogP contribution in [-0.2, 0) is 24.1 Å². The molecule has 0 radical (unpaired) electrons. The van der Waals surface area contributed by atoms with Gasteiger partial charge in [0.2, 0.25) is 5.91 Å². The van der Waals surface area contributed by atoms with Gasteiger partial charge in [0.05, 0.1) is 12.5 Å². The summed E-state index contributed by atoms with van der Waals surface area (Å²) in [6.07, 6.45) is 8.64. The van der Waals surface area contributed by atoms with Crippen LogP contribution in [0.5, 0.6) is 0 Å². The van der Waals surface area contributed by atoms with Crippen LogP contribution in [0.1, 0.15) is 55.2 Å². The monoisotopic (exact) mass is 287 g/mol. The van der Waals surface area contributed by atoms with Gasteiger partial charge < -0.3 is 10.4 Å². The molecule has 1 aromatic rings. The Kier molecular flexibility index (Phi) is 4.59. The maximum Gasteiger partial charge on any atom is 0.224 e. The minimum atomic E-state index is -0.168. The van der Waals surface area contributed by atoms with Gasteiger partial charge in [0, 0.05) is 6.04 Å². The molecule has 0 aromatic heterocycles. The number of aliphatic hydroxyl groups is 1. The molecule has 0 bridgehead atoms. The number of carbonyl (C=O) groups is 1. The van der Waals surface area contributed by atoms with Crippen LogP contribution >= 0.6 is 0 Å². The molecule has 3 heteroatoms. The number of hydrogen-bond acceptors (Lipinski definition) is 2. The van der Waals surface area contributed by atoms with Crippen LogP contribution in [0.25, 0.3) is 0 Å². The van der Waals surface area contributed by atoms with E-state index >= 15 is 0 Å². The molecule has 2 aliphatic rings. The summed E-state index contributed by atoms with van der Waals surface area (Å²) in [6.45, 7) is 0. The molecule has 0 unspecified atom stereocenters. The van der Waals surface area contributed by atoms with Gasteiger partial charge in [-0.2, -0.15) is 0 Å². The first kappa shape index (κ1) is 14.6. The molecule has 1 saturated carbocycles. The third kappa shape index (κ3) is 3.85. The Labute approximate surface area is 126 Å². The van der Waals surface area contributed by atoms with E-state index in [0.29, 0.717) is 6.42 Å². The van der Waals surface area contributed by atoms with Crippen molar-refractivity contribution < 1.29 is 9.90 Å².